The molecule has 1 heterocycles. The van der Waals surface area contributed by atoms with Crippen LogP contribution in [0, 0.1) is 0 Å². The number of hydrogen-bond acceptors (Lipinski definition) is 3. The SMILES string of the molecule is CCCN1CCC(NC(=NCc2ccc(C(=O)N(C)C)cc2)NCC)CC1.I. The molecule has 0 bridgehead atoms. The van der Waals surface area contributed by atoms with E-state index in [4.69, 9.17) is 4.99 Å². The minimum absolute atomic E-state index is 0. The van der Waals surface area contributed by atoms with Crippen molar-refractivity contribution in [2.75, 3.05) is 40.3 Å². The van der Waals surface area contributed by atoms with Gasteiger partial charge in [0.25, 0.3) is 5.91 Å². The molecule has 0 unspecified atom stereocenters. The minimum atomic E-state index is 0. The number of carbonyl (C=O) groups is 1. The van der Waals surface area contributed by atoms with Crippen LogP contribution in [0.1, 0.15) is 49.0 Å². The topological polar surface area (TPSA) is 60.0 Å². The molecule has 0 radical (unpaired) electrons. The Morgan fingerprint density at radius 1 is 1.18 bits per heavy atom. The summed E-state index contributed by atoms with van der Waals surface area (Å²) in [6, 6.07) is 8.18. The smallest absolute Gasteiger partial charge is 0.253 e. The molecule has 6 nitrogen and oxygen atoms in total. The third-order valence-corrected chi connectivity index (χ3v) is 4.84. The van der Waals surface area contributed by atoms with Gasteiger partial charge >= 0.3 is 0 Å². The van der Waals surface area contributed by atoms with Crippen LogP contribution in [0.5, 0.6) is 0 Å². The van der Waals surface area contributed by atoms with Crippen LogP contribution in [0.2, 0.25) is 0 Å². The van der Waals surface area contributed by atoms with Gasteiger partial charge < -0.3 is 20.4 Å². The van der Waals surface area contributed by atoms with Gasteiger partial charge in [-0.2, -0.15) is 0 Å². The van der Waals surface area contributed by atoms with Gasteiger partial charge in [-0.25, -0.2) is 4.99 Å². The van der Waals surface area contributed by atoms with E-state index in [9.17, 15) is 4.79 Å². The fraction of sp³-hybridized carbons (Fsp3) is 0.619. The van der Waals surface area contributed by atoms with E-state index >= 15 is 0 Å². The number of nitrogens with zero attached hydrogens (tertiary/aromatic N) is 3. The number of benzene rings is 1. The van der Waals surface area contributed by atoms with E-state index in [1.165, 1.54) is 13.0 Å². The van der Waals surface area contributed by atoms with Gasteiger partial charge in [-0.3, -0.25) is 4.79 Å². The van der Waals surface area contributed by atoms with Gasteiger partial charge in [-0.1, -0.05) is 19.1 Å². The van der Waals surface area contributed by atoms with Crippen LogP contribution in [0.15, 0.2) is 29.3 Å². The molecule has 1 saturated heterocycles. The van der Waals surface area contributed by atoms with Gasteiger partial charge in [0.1, 0.15) is 0 Å². The molecule has 1 aliphatic heterocycles. The van der Waals surface area contributed by atoms with E-state index in [0.29, 0.717) is 18.2 Å². The Kier molecular flexibility index (Phi) is 11.4. The zero-order valence-electron chi connectivity index (χ0n) is 17.7. The Bertz CT molecular complexity index is 610. The van der Waals surface area contributed by atoms with E-state index in [1.807, 2.05) is 24.3 Å². The zero-order valence-corrected chi connectivity index (χ0v) is 20.0. The Balaban J connectivity index is 0.00000392. The third kappa shape index (κ3) is 7.95. The normalized spacial score (nSPS) is 15.6. The number of amides is 1. The Hall–Kier alpha value is -1.35. The summed E-state index contributed by atoms with van der Waals surface area (Å²) in [4.78, 5) is 20.8. The Morgan fingerprint density at radius 2 is 1.82 bits per heavy atom. The highest BCUT2D eigenvalue weighted by Gasteiger charge is 2.19. The maximum absolute atomic E-state index is 12.0. The molecule has 28 heavy (non-hydrogen) atoms. The average Bonchev–Trinajstić information content (AvgIpc) is 2.68. The third-order valence-electron chi connectivity index (χ3n) is 4.84. The van der Waals surface area contributed by atoms with Gasteiger partial charge in [0.05, 0.1) is 6.54 Å². The van der Waals surface area contributed by atoms with Crippen molar-refractivity contribution in [3.63, 3.8) is 0 Å². The summed E-state index contributed by atoms with van der Waals surface area (Å²) >= 11 is 0. The maximum Gasteiger partial charge on any atom is 0.253 e. The standard InChI is InChI=1S/C21H35N5O.HI/c1-5-13-26-14-11-19(12-15-26)24-21(22-6-2)23-16-17-7-9-18(10-8-17)20(27)25(3)4;/h7-10,19H,5-6,11-16H2,1-4H3,(H2,22,23,24);1H. The van der Waals surface area contributed by atoms with Crippen LogP contribution < -0.4 is 10.6 Å². The number of piperidine rings is 1. The molecule has 0 atom stereocenters. The van der Waals surface area contributed by atoms with E-state index < -0.39 is 0 Å². The summed E-state index contributed by atoms with van der Waals surface area (Å²) in [7, 11) is 3.53. The summed E-state index contributed by atoms with van der Waals surface area (Å²) in [5.41, 5.74) is 1.80. The van der Waals surface area contributed by atoms with Gasteiger partial charge in [0, 0.05) is 45.3 Å². The second-order valence-electron chi connectivity index (χ2n) is 7.35. The highest BCUT2D eigenvalue weighted by molar-refractivity contribution is 14.0. The monoisotopic (exact) mass is 501 g/mol. The van der Waals surface area contributed by atoms with Crippen LogP contribution in [0.3, 0.4) is 0 Å². The van der Waals surface area contributed by atoms with Crippen molar-refractivity contribution in [3.05, 3.63) is 35.4 Å². The molecule has 0 aromatic heterocycles. The second kappa shape index (κ2) is 13.0. The molecule has 0 aliphatic carbocycles. The lowest BCUT2D eigenvalue weighted by molar-refractivity contribution is 0.0827. The lowest BCUT2D eigenvalue weighted by Gasteiger charge is -2.32. The molecule has 158 valence electrons. The van der Waals surface area contributed by atoms with Gasteiger partial charge in [0.15, 0.2) is 5.96 Å². The quantitative estimate of drug-likeness (QED) is 0.343. The summed E-state index contributed by atoms with van der Waals surface area (Å²) in [5.74, 6) is 0.898. The predicted molar refractivity (Wildman–Crippen MR) is 128 cm³/mol. The van der Waals surface area contributed by atoms with Crippen molar-refractivity contribution < 1.29 is 4.79 Å². The van der Waals surface area contributed by atoms with Crippen molar-refractivity contribution >= 4 is 35.8 Å². The summed E-state index contributed by atoms with van der Waals surface area (Å²) in [6.07, 6.45) is 3.54. The van der Waals surface area contributed by atoms with Crippen molar-refractivity contribution in [2.45, 2.75) is 45.7 Å². The van der Waals surface area contributed by atoms with Crippen LogP contribution in [-0.2, 0) is 6.54 Å². The fourth-order valence-electron chi connectivity index (χ4n) is 3.31. The summed E-state index contributed by atoms with van der Waals surface area (Å²) in [5, 5.41) is 6.93. The van der Waals surface area contributed by atoms with Gasteiger partial charge in [0.2, 0.25) is 0 Å². The molecule has 1 aromatic carbocycles. The predicted octanol–water partition coefficient (Wildman–Crippen LogP) is 2.94. The Labute approximate surface area is 187 Å². The van der Waals surface area contributed by atoms with Crippen molar-refractivity contribution in [1.29, 1.82) is 0 Å². The molecule has 1 amide bonds. The van der Waals surface area contributed by atoms with Crippen LogP contribution in [-0.4, -0.2) is 68.0 Å². The van der Waals surface area contributed by atoms with E-state index in [1.54, 1.807) is 19.0 Å². The number of rotatable bonds is 7. The van der Waals surface area contributed by atoms with Crippen LogP contribution >= 0.6 is 24.0 Å². The largest absolute Gasteiger partial charge is 0.357 e. The molecule has 0 spiro atoms. The maximum atomic E-state index is 12.0. The molecule has 1 aliphatic rings. The fourth-order valence-corrected chi connectivity index (χ4v) is 3.31. The average molecular weight is 501 g/mol. The molecule has 0 saturated carbocycles. The molecular weight excluding hydrogens is 465 g/mol. The molecule has 2 rings (SSSR count). The highest BCUT2D eigenvalue weighted by Crippen LogP contribution is 2.11. The van der Waals surface area contributed by atoms with E-state index in [0.717, 1.165) is 44.0 Å². The number of carbonyl (C=O) groups excluding carboxylic acids is 1. The van der Waals surface area contributed by atoms with Crippen molar-refractivity contribution in [3.8, 4) is 0 Å². The second-order valence-corrected chi connectivity index (χ2v) is 7.35. The summed E-state index contributed by atoms with van der Waals surface area (Å²) in [6.45, 7) is 9.29. The number of nitrogens with one attached hydrogen (secondary N) is 2. The molecule has 2 N–H and O–H groups in total. The number of hydrogen-bond donors (Lipinski definition) is 2. The first-order valence-electron chi connectivity index (χ1n) is 10.1. The zero-order chi connectivity index (χ0) is 19.6. The lowest BCUT2D eigenvalue weighted by Crippen LogP contribution is -2.48. The van der Waals surface area contributed by atoms with E-state index in [-0.39, 0.29) is 29.9 Å². The summed E-state index contributed by atoms with van der Waals surface area (Å²) < 4.78 is 0. The molecule has 1 aromatic rings. The molecule has 1 fully saturated rings. The molecule has 7 heteroatoms. The van der Waals surface area contributed by atoms with Crippen LogP contribution in [0.25, 0.3) is 0 Å². The first kappa shape index (κ1) is 24.7. The number of halogens is 1. The first-order valence-corrected chi connectivity index (χ1v) is 10.1. The van der Waals surface area contributed by atoms with E-state index in [2.05, 4.69) is 29.4 Å². The van der Waals surface area contributed by atoms with Crippen molar-refractivity contribution in [1.82, 2.24) is 20.4 Å². The van der Waals surface area contributed by atoms with Crippen LogP contribution in [0.4, 0.5) is 0 Å². The van der Waals surface area contributed by atoms with Gasteiger partial charge in [-0.15, -0.1) is 24.0 Å². The molecular formula is C21H36IN5O. The first-order chi connectivity index (χ1) is 13.0. The minimum Gasteiger partial charge on any atom is -0.357 e. The highest BCUT2D eigenvalue weighted by atomic mass is 127. The number of guanidine groups is 1. The number of aliphatic imine (C=N–C) groups is 1. The van der Waals surface area contributed by atoms with Crippen molar-refractivity contribution in [2.24, 2.45) is 4.99 Å². The number of likely N-dealkylation sites (tertiary alicyclic amines) is 1. The lowest BCUT2D eigenvalue weighted by atomic mass is 10.1. The Morgan fingerprint density at radius 3 is 2.36 bits per heavy atom. The van der Waals surface area contributed by atoms with Gasteiger partial charge in [-0.05, 0) is 50.4 Å².